The third kappa shape index (κ3) is 4.88. The normalized spacial score (nSPS) is 12.4. The number of nitrogens with one attached hydrogen (secondary N) is 1. The maximum Gasteiger partial charge on any atom is 0.181 e. The van der Waals surface area contributed by atoms with Crippen LogP contribution in [0, 0.1) is 5.92 Å². The second-order valence-electron chi connectivity index (χ2n) is 5.39. The van der Waals surface area contributed by atoms with Gasteiger partial charge in [0.25, 0.3) is 0 Å². The molecule has 1 N–H and O–H groups in total. The van der Waals surface area contributed by atoms with Gasteiger partial charge in [-0.15, -0.1) is 0 Å². The van der Waals surface area contributed by atoms with Crippen LogP contribution in [-0.4, -0.2) is 24.2 Å². The van der Waals surface area contributed by atoms with Crippen molar-refractivity contribution < 1.29 is 9.15 Å². The van der Waals surface area contributed by atoms with E-state index in [1.807, 2.05) is 13.8 Å². The van der Waals surface area contributed by atoms with Crippen molar-refractivity contribution in [3.05, 3.63) is 17.8 Å². The Labute approximate surface area is 104 Å². The van der Waals surface area contributed by atoms with E-state index >= 15 is 0 Å². The Morgan fingerprint density at radius 1 is 1.47 bits per heavy atom. The molecule has 0 aromatic carbocycles. The quantitative estimate of drug-likeness (QED) is 0.795. The smallest absolute Gasteiger partial charge is 0.181 e. The summed E-state index contributed by atoms with van der Waals surface area (Å²) in [6.07, 6.45) is 2.25. The molecule has 0 radical (unpaired) electrons. The Bertz CT molecular complexity index is 332. The van der Waals surface area contributed by atoms with E-state index in [4.69, 9.17) is 9.15 Å². The first-order valence-electron chi connectivity index (χ1n) is 6.11. The lowest BCUT2D eigenvalue weighted by Crippen LogP contribution is -2.26. The van der Waals surface area contributed by atoms with Gasteiger partial charge in [0.05, 0.1) is 11.3 Å². The summed E-state index contributed by atoms with van der Waals surface area (Å²) in [6, 6.07) is 0. The second-order valence-corrected chi connectivity index (χ2v) is 5.39. The highest BCUT2D eigenvalue weighted by Crippen LogP contribution is 2.18. The van der Waals surface area contributed by atoms with Gasteiger partial charge in [-0.3, -0.25) is 0 Å². The molecule has 0 saturated heterocycles. The van der Waals surface area contributed by atoms with E-state index in [0.717, 1.165) is 31.0 Å². The third-order valence-corrected chi connectivity index (χ3v) is 2.71. The van der Waals surface area contributed by atoms with E-state index in [2.05, 4.69) is 24.1 Å². The second kappa shape index (κ2) is 6.17. The van der Waals surface area contributed by atoms with Crippen molar-refractivity contribution in [2.24, 2.45) is 5.92 Å². The number of oxazole rings is 1. The Morgan fingerprint density at radius 3 is 2.76 bits per heavy atom. The number of methoxy groups -OCH3 is 1. The first-order valence-corrected chi connectivity index (χ1v) is 6.11. The van der Waals surface area contributed by atoms with Crippen LogP contribution in [-0.2, 0) is 17.7 Å². The molecule has 0 aliphatic heterocycles. The van der Waals surface area contributed by atoms with Crippen LogP contribution in [0.4, 0.5) is 0 Å². The van der Waals surface area contributed by atoms with Crippen molar-refractivity contribution in [1.29, 1.82) is 0 Å². The molecule has 0 atom stereocenters. The first-order chi connectivity index (χ1) is 7.94. The molecule has 1 aromatic heterocycles. The minimum Gasteiger partial charge on any atom is -0.448 e. The third-order valence-electron chi connectivity index (χ3n) is 2.71. The Kier molecular flexibility index (Phi) is 5.15. The molecule has 4 heteroatoms. The average molecular weight is 240 g/mol. The van der Waals surface area contributed by atoms with Crippen molar-refractivity contribution in [2.45, 2.75) is 46.3 Å². The van der Waals surface area contributed by atoms with Gasteiger partial charge in [-0.1, -0.05) is 13.8 Å². The van der Waals surface area contributed by atoms with Gasteiger partial charge in [0, 0.05) is 20.1 Å². The monoisotopic (exact) mass is 240 g/mol. The summed E-state index contributed by atoms with van der Waals surface area (Å²) in [5.41, 5.74) is 0.766. The zero-order valence-corrected chi connectivity index (χ0v) is 11.5. The summed E-state index contributed by atoms with van der Waals surface area (Å²) in [7, 11) is 1.72. The molecule has 0 bridgehead atoms. The number of ether oxygens (including phenoxy) is 1. The van der Waals surface area contributed by atoms with Crippen LogP contribution >= 0.6 is 0 Å². The van der Waals surface area contributed by atoms with Gasteiger partial charge < -0.3 is 14.5 Å². The van der Waals surface area contributed by atoms with Gasteiger partial charge in [0.1, 0.15) is 5.76 Å². The summed E-state index contributed by atoms with van der Waals surface area (Å²) in [5.74, 6) is 1.55. The average Bonchev–Trinajstić information content (AvgIpc) is 2.65. The zero-order chi connectivity index (χ0) is 12.9. The maximum atomic E-state index is 5.43. The van der Waals surface area contributed by atoms with Gasteiger partial charge in [0.15, 0.2) is 6.39 Å². The lowest BCUT2D eigenvalue weighted by atomic mass is 10.0. The molecule has 0 spiro atoms. The Morgan fingerprint density at radius 2 is 2.18 bits per heavy atom. The molecule has 1 rings (SSSR count). The summed E-state index contributed by atoms with van der Waals surface area (Å²) in [5, 5.41) is 3.37. The molecule has 4 nitrogen and oxygen atoms in total. The summed E-state index contributed by atoms with van der Waals surface area (Å²) < 4.78 is 10.8. The van der Waals surface area contributed by atoms with Crippen LogP contribution in [0.2, 0.25) is 0 Å². The SMILES string of the molecule is COC(C)(C)Cc1ocnc1CNCC(C)C. The zero-order valence-electron chi connectivity index (χ0n) is 11.5. The molecule has 1 aromatic rings. The maximum absolute atomic E-state index is 5.43. The number of nitrogens with zero attached hydrogens (tertiary/aromatic N) is 1. The van der Waals surface area contributed by atoms with Crippen LogP contribution in [0.3, 0.4) is 0 Å². The minimum absolute atomic E-state index is 0.216. The lowest BCUT2D eigenvalue weighted by molar-refractivity contribution is 0.0189. The van der Waals surface area contributed by atoms with Gasteiger partial charge in [-0.2, -0.15) is 0 Å². The predicted octanol–water partition coefficient (Wildman–Crippen LogP) is 2.39. The summed E-state index contributed by atoms with van der Waals surface area (Å²) in [4.78, 5) is 4.25. The molecule has 17 heavy (non-hydrogen) atoms. The number of aromatic nitrogens is 1. The molecule has 0 saturated carbocycles. The predicted molar refractivity (Wildman–Crippen MR) is 67.8 cm³/mol. The number of hydrogen-bond donors (Lipinski definition) is 1. The van der Waals surface area contributed by atoms with Crippen molar-refractivity contribution >= 4 is 0 Å². The van der Waals surface area contributed by atoms with Crippen LogP contribution < -0.4 is 5.32 Å². The van der Waals surface area contributed by atoms with Crippen molar-refractivity contribution in [1.82, 2.24) is 10.3 Å². The van der Waals surface area contributed by atoms with Crippen LogP contribution in [0.25, 0.3) is 0 Å². The van der Waals surface area contributed by atoms with Crippen molar-refractivity contribution in [2.75, 3.05) is 13.7 Å². The highest BCUT2D eigenvalue weighted by Gasteiger charge is 2.21. The fourth-order valence-electron chi connectivity index (χ4n) is 1.52. The van der Waals surface area contributed by atoms with E-state index in [1.165, 1.54) is 6.39 Å². The standard InChI is InChI=1S/C13H24N2O2/c1-10(2)7-14-8-11-12(17-9-15-11)6-13(3,4)16-5/h9-10,14H,6-8H2,1-5H3. The van der Waals surface area contributed by atoms with Crippen molar-refractivity contribution in [3.8, 4) is 0 Å². The molecule has 0 amide bonds. The van der Waals surface area contributed by atoms with E-state index in [0.29, 0.717) is 5.92 Å². The van der Waals surface area contributed by atoms with E-state index in [9.17, 15) is 0 Å². The molecule has 0 unspecified atom stereocenters. The van der Waals surface area contributed by atoms with E-state index < -0.39 is 0 Å². The molecule has 0 aliphatic carbocycles. The molecule has 1 heterocycles. The summed E-state index contributed by atoms with van der Waals surface area (Å²) >= 11 is 0. The van der Waals surface area contributed by atoms with Gasteiger partial charge in [0.2, 0.25) is 0 Å². The molecular formula is C13H24N2O2. The van der Waals surface area contributed by atoms with Gasteiger partial charge in [-0.05, 0) is 26.3 Å². The van der Waals surface area contributed by atoms with E-state index in [1.54, 1.807) is 7.11 Å². The highest BCUT2D eigenvalue weighted by atomic mass is 16.5. The van der Waals surface area contributed by atoms with Crippen molar-refractivity contribution in [3.63, 3.8) is 0 Å². The molecule has 98 valence electrons. The van der Waals surface area contributed by atoms with Gasteiger partial charge >= 0.3 is 0 Å². The lowest BCUT2D eigenvalue weighted by Gasteiger charge is -2.21. The molecule has 0 fully saturated rings. The van der Waals surface area contributed by atoms with Crippen LogP contribution in [0.15, 0.2) is 10.8 Å². The van der Waals surface area contributed by atoms with Crippen LogP contribution in [0.1, 0.15) is 39.1 Å². The highest BCUT2D eigenvalue weighted by molar-refractivity contribution is 5.09. The van der Waals surface area contributed by atoms with E-state index in [-0.39, 0.29) is 5.60 Å². The number of hydrogen-bond acceptors (Lipinski definition) is 4. The molecule has 0 aliphatic rings. The Hall–Kier alpha value is -0.870. The first kappa shape index (κ1) is 14.2. The fourth-order valence-corrected chi connectivity index (χ4v) is 1.52. The summed E-state index contributed by atoms with van der Waals surface area (Å²) in [6.45, 7) is 10.2. The Balaban J connectivity index is 2.54. The molecular weight excluding hydrogens is 216 g/mol. The number of rotatable bonds is 7. The van der Waals surface area contributed by atoms with Crippen LogP contribution in [0.5, 0.6) is 0 Å². The largest absolute Gasteiger partial charge is 0.448 e. The minimum atomic E-state index is -0.216. The fraction of sp³-hybridized carbons (Fsp3) is 0.769. The topological polar surface area (TPSA) is 47.3 Å². The van der Waals surface area contributed by atoms with Gasteiger partial charge in [-0.25, -0.2) is 4.98 Å².